The zero-order valence-electron chi connectivity index (χ0n) is 15.2. The van der Waals surface area contributed by atoms with Crippen molar-refractivity contribution in [2.24, 2.45) is 11.3 Å². The van der Waals surface area contributed by atoms with Crippen LogP contribution in [-0.4, -0.2) is 17.5 Å². The number of nitrogens with zero attached hydrogens (tertiary/aromatic N) is 1. The summed E-state index contributed by atoms with van der Waals surface area (Å²) in [7, 11) is -3.79. The van der Waals surface area contributed by atoms with Gasteiger partial charge in [-0.25, -0.2) is 12.4 Å². The molecule has 2 unspecified atom stereocenters. The molecular weight excluding hydrogens is 346 g/mol. The van der Waals surface area contributed by atoms with Gasteiger partial charge in [0.2, 0.25) is 0 Å². The fourth-order valence-corrected chi connectivity index (χ4v) is 5.68. The van der Waals surface area contributed by atoms with Crippen LogP contribution in [0.2, 0.25) is 0 Å². The Bertz CT molecular complexity index is 1080. The van der Waals surface area contributed by atoms with Gasteiger partial charge >= 0.3 is 0 Å². The van der Waals surface area contributed by atoms with Gasteiger partial charge in [-0.1, -0.05) is 57.2 Å². The van der Waals surface area contributed by atoms with Crippen molar-refractivity contribution < 1.29 is 13.5 Å². The molecule has 1 aliphatic carbocycles. The minimum Gasteiger partial charge on any atom is -0.387 e. The first-order valence-corrected chi connectivity index (χ1v) is 10.3. The van der Waals surface area contributed by atoms with E-state index in [0.717, 1.165) is 10.9 Å². The third-order valence-electron chi connectivity index (χ3n) is 5.46. The van der Waals surface area contributed by atoms with Gasteiger partial charge in [-0.15, -0.1) is 0 Å². The van der Waals surface area contributed by atoms with Gasteiger partial charge in [-0.2, -0.15) is 0 Å². The first-order chi connectivity index (χ1) is 12.2. The van der Waals surface area contributed by atoms with Crippen LogP contribution in [0.5, 0.6) is 0 Å². The third-order valence-corrected chi connectivity index (χ3v) is 7.20. The molecule has 136 valence electrons. The molecule has 3 aromatic rings. The Kier molecular flexibility index (Phi) is 3.79. The number of hydrogen-bond donors (Lipinski definition) is 1. The van der Waals surface area contributed by atoms with Crippen molar-refractivity contribution in [2.45, 2.75) is 38.2 Å². The zero-order chi connectivity index (χ0) is 18.7. The second kappa shape index (κ2) is 5.69. The minimum absolute atomic E-state index is 0.0191. The van der Waals surface area contributed by atoms with Crippen LogP contribution in [0, 0.1) is 11.3 Å². The molecule has 2 aromatic carbocycles. The summed E-state index contributed by atoms with van der Waals surface area (Å²) in [5, 5.41) is 12.0. The molecule has 0 bridgehead atoms. The van der Waals surface area contributed by atoms with Crippen molar-refractivity contribution in [3.8, 4) is 0 Å². The van der Waals surface area contributed by atoms with E-state index in [2.05, 4.69) is 20.8 Å². The van der Waals surface area contributed by atoms with Crippen LogP contribution in [0.4, 0.5) is 0 Å². The van der Waals surface area contributed by atoms with Crippen LogP contribution in [0.1, 0.15) is 38.1 Å². The van der Waals surface area contributed by atoms with Crippen molar-refractivity contribution >= 4 is 20.9 Å². The van der Waals surface area contributed by atoms with E-state index >= 15 is 0 Å². The van der Waals surface area contributed by atoms with E-state index in [0.29, 0.717) is 17.6 Å². The van der Waals surface area contributed by atoms with E-state index in [1.54, 1.807) is 30.3 Å². The molecule has 0 amide bonds. The van der Waals surface area contributed by atoms with E-state index in [1.807, 2.05) is 24.3 Å². The molecule has 1 heterocycles. The lowest BCUT2D eigenvalue weighted by atomic mass is 9.78. The molecule has 1 aliphatic rings. The highest BCUT2D eigenvalue weighted by Crippen LogP contribution is 2.49. The van der Waals surface area contributed by atoms with Crippen LogP contribution >= 0.6 is 0 Å². The van der Waals surface area contributed by atoms with Gasteiger partial charge in [0.05, 0.1) is 22.2 Å². The summed E-state index contributed by atoms with van der Waals surface area (Å²) < 4.78 is 28.2. The molecule has 4 rings (SSSR count). The lowest BCUT2D eigenvalue weighted by molar-refractivity contribution is 0.0535. The Morgan fingerprint density at radius 3 is 2.27 bits per heavy atom. The molecule has 2 atom stereocenters. The summed E-state index contributed by atoms with van der Waals surface area (Å²) in [6.45, 7) is 6.26. The summed E-state index contributed by atoms with van der Waals surface area (Å²) in [6.07, 6.45) is -0.131. The Labute approximate surface area is 154 Å². The number of rotatable bonds is 2. The number of aromatic nitrogens is 1. The van der Waals surface area contributed by atoms with Crippen molar-refractivity contribution in [1.29, 1.82) is 0 Å². The molecule has 0 fully saturated rings. The predicted octanol–water partition coefficient (Wildman–Crippen LogP) is 4.13. The minimum atomic E-state index is -3.79. The van der Waals surface area contributed by atoms with Gasteiger partial charge in [0.1, 0.15) is 0 Å². The highest BCUT2D eigenvalue weighted by molar-refractivity contribution is 7.90. The quantitative estimate of drug-likeness (QED) is 0.739. The fraction of sp³-hybridized carbons (Fsp3) is 0.333. The van der Waals surface area contributed by atoms with E-state index in [-0.39, 0.29) is 16.2 Å². The van der Waals surface area contributed by atoms with Crippen molar-refractivity contribution in [3.63, 3.8) is 0 Å². The van der Waals surface area contributed by atoms with Crippen LogP contribution < -0.4 is 0 Å². The van der Waals surface area contributed by atoms with Gasteiger partial charge in [-0.05, 0) is 41.5 Å². The Morgan fingerprint density at radius 2 is 1.62 bits per heavy atom. The smallest absolute Gasteiger partial charge is 0.268 e. The van der Waals surface area contributed by atoms with Crippen LogP contribution in [0.25, 0.3) is 10.9 Å². The molecule has 1 N–H and O–H groups in total. The Balaban J connectivity index is 2.03. The third kappa shape index (κ3) is 2.42. The number of hydrogen-bond acceptors (Lipinski definition) is 3. The monoisotopic (exact) mass is 369 g/mol. The molecule has 0 saturated carbocycles. The summed E-state index contributed by atoms with van der Waals surface area (Å²) in [5.41, 5.74) is 1.98. The zero-order valence-corrected chi connectivity index (χ0v) is 16.0. The van der Waals surface area contributed by atoms with Crippen LogP contribution in [0.3, 0.4) is 0 Å². The second-order valence-corrected chi connectivity index (χ2v) is 9.87. The van der Waals surface area contributed by atoms with Gasteiger partial charge in [0.15, 0.2) is 0 Å². The van der Waals surface area contributed by atoms with Crippen molar-refractivity contribution in [1.82, 2.24) is 3.97 Å². The molecule has 4 nitrogen and oxygen atoms in total. The lowest BCUT2D eigenvalue weighted by Gasteiger charge is -2.30. The standard InChI is InChI=1S/C21H23NO3S/c1-21(2,3)17-13-16-15-11-7-8-12-18(15)22(19(16)20(17)23)26(24,25)14-9-5-4-6-10-14/h4-12,17,20,23H,13H2,1-3H3. The van der Waals surface area contributed by atoms with Gasteiger partial charge in [0.25, 0.3) is 10.0 Å². The summed E-state index contributed by atoms with van der Waals surface area (Å²) in [5.74, 6) is -0.0191. The van der Waals surface area contributed by atoms with Gasteiger partial charge < -0.3 is 5.11 Å². The highest BCUT2D eigenvalue weighted by atomic mass is 32.2. The maximum atomic E-state index is 13.4. The number of benzene rings is 2. The fourth-order valence-electron chi connectivity index (χ4n) is 4.07. The number of fused-ring (bicyclic) bond motifs is 3. The number of aliphatic hydroxyl groups excluding tert-OH is 1. The average molecular weight is 369 g/mol. The molecule has 0 spiro atoms. The maximum absolute atomic E-state index is 13.4. The van der Waals surface area contributed by atoms with Crippen molar-refractivity contribution in [2.75, 3.05) is 0 Å². The summed E-state index contributed by atoms with van der Waals surface area (Å²) in [6, 6.07) is 15.9. The highest BCUT2D eigenvalue weighted by Gasteiger charge is 2.44. The van der Waals surface area contributed by atoms with E-state index in [1.165, 1.54) is 3.97 Å². The summed E-state index contributed by atoms with van der Waals surface area (Å²) >= 11 is 0. The van der Waals surface area contributed by atoms with E-state index < -0.39 is 16.1 Å². The first-order valence-electron chi connectivity index (χ1n) is 8.84. The van der Waals surface area contributed by atoms with Gasteiger partial charge in [0, 0.05) is 5.39 Å². The van der Waals surface area contributed by atoms with E-state index in [9.17, 15) is 13.5 Å². The molecule has 1 aromatic heterocycles. The van der Waals surface area contributed by atoms with E-state index in [4.69, 9.17) is 0 Å². The lowest BCUT2D eigenvalue weighted by Crippen LogP contribution is -2.26. The SMILES string of the molecule is CC(C)(C)C1Cc2c(n(S(=O)(=O)c3ccccc3)c3ccccc23)C1O. The van der Waals surface area contributed by atoms with Crippen molar-refractivity contribution in [3.05, 3.63) is 65.9 Å². The first kappa shape index (κ1) is 17.3. The van der Waals surface area contributed by atoms with Gasteiger partial charge in [-0.3, -0.25) is 0 Å². The average Bonchev–Trinajstić information content (AvgIpc) is 3.11. The van der Waals surface area contributed by atoms with Crippen LogP contribution in [-0.2, 0) is 16.4 Å². The Hall–Kier alpha value is -2.11. The topological polar surface area (TPSA) is 59.3 Å². The summed E-state index contributed by atoms with van der Waals surface area (Å²) in [4.78, 5) is 0.231. The normalized spacial score (nSPS) is 20.5. The molecule has 26 heavy (non-hydrogen) atoms. The molecule has 0 radical (unpaired) electrons. The second-order valence-electron chi connectivity index (χ2n) is 8.08. The predicted molar refractivity (Wildman–Crippen MR) is 103 cm³/mol. The molecule has 0 aliphatic heterocycles. The largest absolute Gasteiger partial charge is 0.387 e. The molecule has 5 heteroatoms. The number of aliphatic hydroxyl groups is 1. The molecule has 0 saturated heterocycles. The maximum Gasteiger partial charge on any atom is 0.268 e. The number of para-hydroxylation sites is 1. The van der Waals surface area contributed by atoms with Crippen LogP contribution in [0.15, 0.2) is 59.5 Å². The molecular formula is C21H23NO3S. The Morgan fingerprint density at radius 1 is 1.00 bits per heavy atom.